The van der Waals surface area contributed by atoms with Gasteiger partial charge in [-0.2, -0.15) is 0 Å². The Morgan fingerprint density at radius 1 is 1.47 bits per heavy atom. The van der Waals surface area contributed by atoms with Crippen LogP contribution in [0, 0.1) is 0 Å². The van der Waals surface area contributed by atoms with Gasteiger partial charge in [0.15, 0.2) is 0 Å². The summed E-state index contributed by atoms with van der Waals surface area (Å²) in [5.41, 5.74) is 1.14. The zero-order valence-electron chi connectivity index (χ0n) is 11.4. The topological polar surface area (TPSA) is 32.7 Å². The summed E-state index contributed by atoms with van der Waals surface area (Å²) in [4.78, 5) is 2.41. The lowest BCUT2D eigenvalue weighted by Crippen LogP contribution is -2.39. The van der Waals surface area contributed by atoms with Crippen LogP contribution < -0.4 is 0 Å². The van der Waals surface area contributed by atoms with Crippen molar-refractivity contribution in [1.82, 2.24) is 4.90 Å². The van der Waals surface area contributed by atoms with Gasteiger partial charge >= 0.3 is 0 Å². The van der Waals surface area contributed by atoms with Crippen molar-refractivity contribution in [2.45, 2.75) is 38.8 Å². The molecule has 1 aromatic rings. The quantitative estimate of drug-likeness (QED) is 0.897. The molecule has 0 aliphatic carbocycles. The van der Waals surface area contributed by atoms with Crippen LogP contribution in [0.15, 0.2) is 22.7 Å². The van der Waals surface area contributed by atoms with Crippen LogP contribution in [0.2, 0.25) is 0 Å². The van der Waals surface area contributed by atoms with E-state index < -0.39 is 0 Å². The fraction of sp³-hybridized carbons (Fsp3) is 0.600. The number of phenolic OH excluding ortho intramolecular Hbond substituents is 1. The molecule has 3 nitrogen and oxygen atoms in total. The highest BCUT2D eigenvalue weighted by Gasteiger charge is 2.20. The highest BCUT2D eigenvalue weighted by Crippen LogP contribution is 2.24. The Bertz CT molecular complexity index is 411. The van der Waals surface area contributed by atoms with E-state index in [1.54, 1.807) is 6.07 Å². The smallest absolute Gasteiger partial charge is 0.115 e. The summed E-state index contributed by atoms with van der Waals surface area (Å²) in [7, 11) is 0. The molecule has 1 saturated heterocycles. The minimum Gasteiger partial charge on any atom is -0.508 e. The lowest BCUT2D eigenvalue weighted by molar-refractivity contribution is -0.00228. The van der Waals surface area contributed by atoms with Gasteiger partial charge in [0.05, 0.1) is 6.10 Å². The molecule has 0 saturated carbocycles. The predicted molar refractivity (Wildman–Crippen MR) is 80.3 cm³/mol. The lowest BCUT2D eigenvalue weighted by Gasteiger charge is -2.32. The predicted octanol–water partition coefficient (Wildman–Crippen LogP) is 3.55. The zero-order valence-corrected chi connectivity index (χ0v) is 13.0. The van der Waals surface area contributed by atoms with Crippen LogP contribution >= 0.6 is 15.9 Å². The lowest BCUT2D eigenvalue weighted by atomic mass is 10.1. The Hall–Kier alpha value is -0.580. The molecule has 0 aromatic heterocycles. The molecule has 1 atom stereocenters. The van der Waals surface area contributed by atoms with Gasteiger partial charge in [-0.15, -0.1) is 0 Å². The van der Waals surface area contributed by atoms with Crippen LogP contribution in [0.5, 0.6) is 5.75 Å². The minimum atomic E-state index is 0.328. The van der Waals surface area contributed by atoms with Crippen LogP contribution in [0.1, 0.15) is 31.7 Å². The molecule has 4 heteroatoms. The third kappa shape index (κ3) is 4.48. The number of hydrogen-bond donors (Lipinski definition) is 1. The Labute approximate surface area is 123 Å². The second-order valence-corrected chi connectivity index (χ2v) is 6.00. The molecular weight excluding hydrogens is 306 g/mol. The third-order valence-corrected chi connectivity index (χ3v) is 4.22. The SMILES string of the molecule is CCCOC1CCCN(Cc2cc(O)ccc2Br)C1. The number of benzene rings is 1. The number of rotatable bonds is 5. The molecule has 1 aliphatic rings. The van der Waals surface area contributed by atoms with Crippen molar-refractivity contribution in [2.24, 2.45) is 0 Å². The first-order chi connectivity index (χ1) is 9.19. The molecule has 1 N–H and O–H groups in total. The van der Waals surface area contributed by atoms with Gasteiger partial charge < -0.3 is 9.84 Å². The molecule has 106 valence electrons. The summed E-state index contributed by atoms with van der Waals surface area (Å²) >= 11 is 3.55. The van der Waals surface area contributed by atoms with Crippen LogP contribution in [-0.4, -0.2) is 35.8 Å². The van der Waals surface area contributed by atoms with E-state index in [0.717, 1.165) is 49.1 Å². The molecule has 0 amide bonds. The first-order valence-electron chi connectivity index (χ1n) is 7.00. The number of likely N-dealkylation sites (tertiary alicyclic amines) is 1. The van der Waals surface area contributed by atoms with Crippen molar-refractivity contribution >= 4 is 15.9 Å². The Balaban J connectivity index is 1.93. The molecule has 1 fully saturated rings. The second kappa shape index (κ2) is 7.27. The van der Waals surface area contributed by atoms with Gasteiger partial charge in [-0.05, 0) is 49.6 Å². The average molecular weight is 328 g/mol. The first-order valence-corrected chi connectivity index (χ1v) is 7.79. The van der Waals surface area contributed by atoms with Crippen molar-refractivity contribution in [1.29, 1.82) is 0 Å². The van der Waals surface area contributed by atoms with Crippen LogP contribution in [0.4, 0.5) is 0 Å². The Kier molecular flexibility index (Phi) is 5.67. The summed E-state index contributed by atoms with van der Waals surface area (Å²) in [6.07, 6.45) is 3.79. The van der Waals surface area contributed by atoms with Gasteiger partial charge in [0.2, 0.25) is 0 Å². The van der Waals surface area contributed by atoms with Gasteiger partial charge in [0, 0.05) is 24.2 Å². The second-order valence-electron chi connectivity index (χ2n) is 5.15. The Morgan fingerprint density at radius 2 is 2.32 bits per heavy atom. The molecule has 0 spiro atoms. The molecule has 0 bridgehead atoms. The van der Waals surface area contributed by atoms with E-state index >= 15 is 0 Å². The maximum Gasteiger partial charge on any atom is 0.115 e. The van der Waals surface area contributed by atoms with Crippen molar-refractivity contribution in [2.75, 3.05) is 19.7 Å². The molecule has 2 rings (SSSR count). The molecular formula is C15H22BrNO2. The molecule has 19 heavy (non-hydrogen) atoms. The summed E-state index contributed by atoms with van der Waals surface area (Å²) in [6.45, 7) is 5.95. The van der Waals surface area contributed by atoms with Crippen LogP contribution in [0.3, 0.4) is 0 Å². The van der Waals surface area contributed by atoms with Crippen LogP contribution in [0.25, 0.3) is 0 Å². The molecule has 0 radical (unpaired) electrons. The number of nitrogens with zero attached hydrogens (tertiary/aromatic N) is 1. The van der Waals surface area contributed by atoms with Gasteiger partial charge in [-0.1, -0.05) is 22.9 Å². The largest absolute Gasteiger partial charge is 0.508 e. The fourth-order valence-electron chi connectivity index (χ4n) is 2.50. The third-order valence-electron chi connectivity index (χ3n) is 3.44. The first kappa shape index (κ1) is 14.8. The van der Waals surface area contributed by atoms with Gasteiger partial charge in [-0.25, -0.2) is 0 Å². The zero-order chi connectivity index (χ0) is 13.7. The van der Waals surface area contributed by atoms with Gasteiger partial charge in [0.1, 0.15) is 5.75 Å². The Morgan fingerprint density at radius 3 is 3.11 bits per heavy atom. The normalized spacial score (nSPS) is 20.6. The van der Waals surface area contributed by atoms with E-state index in [2.05, 4.69) is 27.8 Å². The summed E-state index contributed by atoms with van der Waals surface area (Å²) in [5.74, 6) is 0.328. The molecule has 1 aromatic carbocycles. The highest BCUT2D eigenvalue weighted by atomic mass is 79.9. The summed E-state index contributed by atoms with van der Waals surface area (Å²) in [6, 6.07) is 5.44. The minimum absolute atomic E-state index is 0.328. The van der Waals surface area contributed by atoms with Crippen molar-refractivity contribution < 1.29 is 9.84 Å². The van der Waals surface area contributed by atoms with Crippen LogP contribution in [-0.2, 0) is 11.3 Å². The molecule has 1 aliphatic heterocycles. The van der Waals surface area contributed by atoms with Crippen molar-refractivity contribution in [3.8, 4) is 5.75 Å². The van der Waals surface area contributed by atoms with Crippen molar-refractivity contribution in [3.63, 3.8) is 0 Å². The van der Waals surface area contributed by atoms with E-state index in [-0.39, 0.29) is 0 Å². The van der Waals surface area contributed by atoms with Gasteiger partial charge in [-0.3, -0.25) is 4.90 Å². The standard InChI is InChI=1S/C15H22BrNO2/c1-2-8-19-14-4-3-7-17(11-14)10-12-9-13(18)5-6-15(12)16/h5-6,9,14,18H,2-4,7-8,10-11H2,1H3. The number of halogens is 1. The maximum atomic E-state index is 9.57. The summed E-state index contributed by atoms with van der Waals surface area (Å²) < 4.78 is 6.91. The summed E-state index contributed by atoms with van der Waals surface area (Å²) in [5, 5.41) is 9.57. The van der Waals surface area contributed by atoms with Crippen molar-refractivity contribution in [3.05, 3.63) is 28.2 Å². The van der Waals surface area contributed by atoms with E-state index in [4.69, 9.17) is 4.74 Å². The maximum absolute atomic E-state index is 9.57. The fourth-order valence-corrected chi connectivity index (χ4v) is 2.87. The monoisotopic (exact) mass is 327 g/mol. The van der Waals surface area contributed by atoms with E-state index in [1.165, 1.54) is 6.42 Å². The van der Waals surface area contributed by atoms with E-state index in [1.807, 2.05) is 12.1 Å². The highest BCUT2D eigenvalue weighted by molar-refractivity contribution is 9.10. The number of phenols is 1. The number of aromatic hydroxyl groups is 1. The average Bonchev–Trinajstić information content (AvgIpc) is 2.41. The molecule has 1 unspecified atom stereocenters. The number of piperidine rings is 1. The molecule has 1 heterocycles. The van der Waals surface area contributed by atoms with E-state index in [9.17, 15) is 5.11 Å². The van der Waals surface area contributed by atoms with Gasteiger partial charge in [0.25, 0.3) is 0 Å². The van der Waals surface area contributed by atoms with E-state index in [0.29, 0.717) is 11.9 Å². The number of hydrogen-bond acceptors (Lipinski definition) is 3. The number of ether oxygens (including phenoxy) is 1.